The predicted octanol–water partition coefficient (Wildman–Crippen LogP) is 3.27. The second-order valence-corrected chi connectivity index (χ2v) is 6.80. The molecule has 1 N–H and O–H groups in total. The number of nitrogens with zero attached hydrogens (tertiary/aromatic N) is 1. The summed E-state index contributed by atoms with van der Waals surface area (Å²) in [4.78, 5) is 26.5. The zero-order valence-corrected chi connectivity index (χ0v) is 14.7. The Hall–Kier alpha value is -2.62. The average Bonchev–Trinajstić information content (AvgIpc) is 3.02. The first-order chi connectivity index (χ1) is 12.0. The Kier molecular flexibility index (Phi) is 5.17. The van der Waals surface area contributed by atoms with Crippen molar-refractivity contribution in [1.29, 1.82) is 0 Å². The predicted molar refractivity (Wildman–Crippen MR) is 99.5 cm³/mol. The molecule has 1 heterocycles. The van der Waals surface area contributed by atoms with Crippen molar-refractivity contribution in [2.45, 2.75) is 26.2 Å². The van der Waals surface area contributed by atoms with E-state index in [1.54, 1.807) is 4.90 Å². The summed E-state index contributed by atoms with van der Waals surface area (Å²) in [6, 6.07) is 18.0. The molecule has 1 fully saturated rings. The van der Waals surface area contributed by atoms with Crippen LogP contribution in [0, 0.1) is 12.8 Å². The van der Waals surface area contributed by atoms with Crippen molar-refractivity contribution >= 4 is 17.5 Å². The van der Waals surface area contributed by atoms with Crippen LogP contribution >= 0.6 is 0 Å². The van der Waals surface area contributed by atoms with Gasteiger partial charge >= 0.3 is 0 Å². The Morgan fingerprint density at radius 3 is 2.68 bits per heavy atom. The molecule has 1 aliphatic rings. The molecule has 4 nitrogen and oxygen atoms in total. The van der Waals surface area contributed by atoms with Gasteiger partial charge in [-0.2, -0.15) is 0 Å². The molecule has 1 aliphatic heterocycles. The van der Waals surface area contributed by atoms with E-state index < -0.39 is 0 Å². The van der Waals surface area contributed by atoms with E-state index in [0.29, 0.717) is 13.1 Å². The third kappa shape index (κ3) is 4.08. The van der Waals surface area contributed by atoms with E-state index in [1.807, 2.05) is 49.4 Å². The molecule has 2 atom stereocenters. The Morgan fingerprint density at radius 2 is 1.96 bits per heavy atom. The number of rotatable bonds is 5. The molecule has 4 heteroatoms. The molecular formula is C21H24N2O2. The standard InChI is InChI=1S/C21H24N2O2/c1-15-7-6-10-19(11-15)23-14-18(12-20(23)24)21(25)22-13-16(2)17-8-4-3-5-9-17/h3-11,16,18H,12-14H2,1-2H3,(H,22,25)/t16-,18-/m1/s1. The van der Waals surface area contributed by atoms with Gasteiger partial charge in [0, 0.05) is 25.2 Å². The Balaban J connectivity index is 1.57. The monoisotopic (exact) mass is 336 g/mol. The topological polar surface area (TPSA) is 49.4 Å². The average molecular weight is 336 g/mol. The SMILES string of the molecule is Cc1cccc(N2C[C@H](C(=O)NC[C@@H](C)c3ccccc3)CC2=O)c1. The lowest BCUT2D eigenvalue weighted by Gasteiger charge is -2.18. The second kappa shape index (κ2) is 7.51. The molecule has 0 radical (unpaired) electrons. The lowest BCUT2D eigenvalue weighted by molar-refractivity contribution is -0.126. The van der Waals surface area contributed by atoms with Crippen LogP contribution in [0.1, 0.15) is 30.4 Å². The molecule has 0 unspecified atom stereocenters. The fraction of sp³-hybridized carbons (Fsp3) is 0.333. The molecular weight excluding hydrogens is 312 g/mol. The molecule has 25 heavy (non-hydrogen) atoms. The first kappa shape index (κ1) is 17.2. The number of amides is 2. The van der Waals surface area contributed by atoms with Crippen LogP contribution in [0.3, 0.4) is 0 Å². The number of aryl methyl sites for hydroxylation is 1. The van der Waals surface area contributed by atoms with Crippen molar-refractivity contribution in [3.05, 3.63) is 65.7 Å². The fourth-order valence-electron chi connectivity index (χ4n) is 3.23. The first-order valence-corrected chi connectivity index (χ1v) is 8.74. The number of carbonyl (C=O) groups excluding carboxylic acids is 2. The largest absolute Gasteiger partial charge is 0.355 e. The van der Waals surface area contributed by atoms with Crippen LogP contribution in [0.2, 0.25) is 0 Å². The normalized spacial score (nSPS) is 18.2. The number of benzene rings is 2. The maximum atomic E-state index is 12.5. The molecule has 2 amide bonds. The van der Waals surface area contributed by atoms with Crippen molar-refractivity contribution in [2.24, 2.45) is 5.92 Å². The molecule has 1 saturated heterocycles. The van der Waals surface area contributed by atoms with Crippen molar-refractivity contribution in [3.8, 4) is 0 Å². The highest BCUT2D eigenvalue weighted by atomic mass is 16.2. The summed E-state index contributed by atoms with van der Waals surface area (Å²) in [5.74, 6) is -0.0562. The molecule has 0 aromatic heterocycles. The molecule has 0 spiro atoms. The number of hydrogen-bond acceptors (Lipinski definition) is 2. The van der Waals surface area contributed by atoms with Gasteiger partial charge in [0.2, 0.25) is 11.8 Å². The molecule has 3 rings (SSSR count). The van der Waals surface area contributed by atoms with Gasteiger partial charge in [-0.25, -0.2) is 0 Å². The van der Waals surface area contributed by atoms with Crippen molar-refractivity contribution in [2.75, 3.05) is 18.0 Å². The smallest absolute Gasteiger partial charge is 0.227 e. The summed E-state index contributed by atoms with van der Waals surface area (Å²) in [6.45, 7) is 5.12. The first-order valence-electron chi connectivity index (χ1n) is 8.74. The molecule has 2 aromatic rings. The quantitative estimate of drug-likeness (QED) is 0.911. The van der Waals surface area contributed by atoms with Crippen LogP contribution in [-0.4, -0.2) is 24.9 Å². The number of hydrogen-bond donors (Lipinski definition) is 1. The van der Waals surface area contributed by atoms with Gasteiger partial charge in [0.1, 0.15) is 0 Å². The highest BCUT2D eigenvalue weighted by Gasteiger charge is 2.35. The summed E-state index contributed by atoms with van der Waals surface area (Å²) >= 11 is 0. The fourth-order valence-corrected chi connectivity index (χ4v) is 3.23. The van der Waals surface area contributed by atoms with Gasteiger partial charge in [0.25, 0.3) is 0 Å². The third-order valence-corrected chi connectivity index (χ3v) is 4.76. The molecule has 2 aromatic carbocycles. The molecule has 130 valence electrons. The number of nitrogens with one attached hydrogen (secondary N) is 1. The molecule has 0 bridgehead atoms. The minimum absolute atomic E-state index is 0.0156. The summed E-state index contributed by atoms with van der Waals surface area (Å²) in [5.41, 5.74) is 3.18. The minimum Gasteiger partial charge on any atom is -0.355 e. The highest BCUT2D eigenvalue weighted by molar-refractivity contribution is 6.00. The van der Waals surface area contributed by atoms with Gasteiger partial charge < -0.3 is 10.2 Å². The van der Waals surface area contributed by atoms with Crippen LogP contribution in [0.4, 0.5) is 5.69 Å². The van der Waals surface area contributed by atoms with Gasteiger partial charge in [-0.1, -0.05) is 49.4 Å². The van der Waals surface area contributed by atoms with E-state index in [2.05, 4.69) is 24.4 Å². The van der Waals surface area contributed by atoms with E-state index in [-0.39, 0.29) is 30.1 Å². The van der Waals surface area contributed by atoms with E-state index in [0.717, 1.165) is 11.3 Å². The number of anilines is 1. The van der Waals surface area contributed by atoms with Crippen molar-refractivity contribution in [3.63, 3.8) is 0 Å². The third-order valence-electron chi connectivity index (χ3n) is 4.76. The van der Waals surface area contributed by atoms with Crippen LogP contribution in [0.25, 0.3) is 0 Å². The van der Waals surface area contributed by atoms with Crippen LogP contribution in [-0.2, 0) is 9.59 Å². The van der Waals surface area contributed by atoms with Crippen LogP contribution in [0.15, 0.2) is 54.6 Å². The zero-order chi connectivity index (χ0) is 17.8. The lowest BCUT2D eigenvalue weighted by atomic mass is 10.0. The maximum absolute atomic E-state index is 12.5. The van der Waals surface area contributed by atoms with Crippen molar-refractivity contribution < 1.29 is 9.59 Å². The summed E-state index contributed by atoms with van der Waals surface area (Å²) in [7, 11) is 0. The van der Waals surface area contributed by atoms with E-state index in [1.165, 1.54) is 5.56 Å². The van der Waals surface area contributed by atoms with Crippen LogP contribution in [0.5, 0.6) is 0 Å². The summed E-state index contributed by atoms with van der Waals surface area (Å²) < 4.78 is 0. The Bertz CT molecular complexity index is 758. The van der Waals surface area contributed by atoms with E-state index >= 15 is 0 Å². The minimum atomic E-state index is -0.281. The van der Waals surface area contributed by atoms with Gasteiger partial charge in [-0.05, 0) is 36.1 Å². The highest BCUT2D eigenvalue weighted by Crippen LogP contribution is 2.26. The molecule has 0 aliphatic carbocycles. The van der Waals surface area contributed by atoms with E-state index in [9.17, 15) is 9.59 Å². The van der Waals surface area contributed by atoms with Gasteiger partial charge in [-0.3, -0.25) is 9.59 Å². The maximum Gasteiger partial charge on any atom is 0.227 e. The Morgan fingerprint density at radius 1 is 1.20 bits per heavy atom. The number of carbonyl (C=O) groups is 2. The van der Waals surface area contributed by atoms with Gasteiger partial charge in [0.15, 0.2) is 0 Å². The molecule has 0 saturated carbocycles. The Labute approximate surface area is 148 Å². The van der Waals surface area contributed by atoms with Crippen molar-refractivity contribution in [1.82, 2.24) is 5.32 Å². The lowest BCUT2D eigenvalue weighted by Crippen LogP contribution is -2.35. The van der Waals surface area contributed by atoms with Gasteiger partial charge in [-0.15, -0.1) is 0 Å². The van der Waals surface area contributed by atoms with Crippen LogP contribution < -0.4 is 10.2 Å². The summed E-state index contributed by atoms with van der Waals surface area (Å²) in [6.07, 6.45) is 0.277. The van der Waals surface area contributed by atoms with E-state index in [4.69, 9.17) is 0 Å². The van der Waals surface area contributed by atoms with Gasteiger partial charge in [0.05, 0.1) is 5.92 Å². The zero-order valence-electron chi connectivity index (χ0n) is 14.7. The summed E-state index contributed by atoms with van der Waals surface area (Å²) in [5, 5.41) is 3.01. The second-order valence-electron chi connectivity index (χ2n) is 6.80.